The molecule has 1 aliphatic carbocycles. The van der Waals surface area contributed by atoms with Crippen LogP contribution in [0.25, 0.3) is 0 Å². The number of ether oxygens (including phenoxy) is 1. The molecule has 5 heteroatoms. The topological polar surface area (TPSA) is 62.7 Å². The van der Waals surface area contributed by atoms with Gasteiger partial charge >= 0.3 is 0 Å². The fourth-order valence-corrected chi connectivity index (χ4v) is 2.51. The summed E-state index contributed by atoms with van der Waals surface area (Å²) in [6.45, 7) is 2.40. The first-order chi connectivity index (χ1) is 10.2. The molecule has 1 atom stereocenters. The number of methoxy groups -OCH3 is 1. The summed E-state index contributed by atoms with van der Waals surface area (Å²) >= 11 is 0. The summed E-state index contributed by atoms with van der Waals surface area (Å²) in [7, 11) is 1.61. The molecular formula is C16H23N3O2. The van der Waals surface area contributed by atoms with Crippen molar-refractivity contribution in [3.8, 4) is 5.75 Å². The van der Waals surface area contributed by atoms with Gasteiger partial charge in [-0.1, -0.05) is 19.1 Å². The van der Waals surface area contributed by atoms with Crippen LogP contribution in [0.1, 0.15) is 32.6 Å². The second kappa shape index (κ2) is 7.67. The maximum absolute atomic E-state index is 11.8. The van der Waals surface area contributed by atoms with Crippen LogP contribution in [0.5, 0.6) is 5.75 Å². The number of anilines is 1. The van der Waals surface area contributed by atoms with Gasteiger partial charge in [-0.15, -0.1) is 0 Å². The van der Waals surface area contributed by atoms with Gasteiger partial charge in [0.15, 0.2) is 0 Å². The molecular weight excluding hydrogens is 266 g/mol. The lowest BCUT2D eigenvalue weighted by atomic mass is 9.89. The summed E-state index contributed by atoms with van der Waals surface area (Å²) in [5.41, 5.74) is 4.52. The maximum atomic E-state index is 11.8. The smallest absolute Gasteiger partial charge is 0.259 e. The molecule has 1 aromatic rings. The van der Waals surface area contributed by atoms with Crippen LogP contribution < -0.4 is 15.5 Å². The van der Waals surface area contributed by atoms with Crippen molar-refractivity contribution in [3.05, 3.63) is 24.3 Å². The van der Waals surface area contributed by atoms with Crippen molar-refractivity contribution in [1.82, 2.24) is 5.43 Å². The van der Waals surface area contributed by atoms with E-state index < -0.39 is 0 Å². The number of hydrazone groups is 1. The number of nitrogens with one attached hydrogen (secondary N) is 2. The summed E-state index contributed by atoms with van der Waals surface area (Å²) in [6, 6.07) is 7.51. The zero-order valence-corrected chi connectivity index (χ0v) is 12.7. The van der Waals surface area contributed by atoms with Gasteiger partial charge in [0.2, 0.25) is 0 Å². The number of para-hydroxylation sites is 2. The number of rotatable bonds is 5. The minimum atomic E-state index is -0.147. The molecule has 0 bridgehead atoms. The van der Waals surface area contributed by atoms with Gasteiger partial charge in [-0.3, -0.25) is 4.79 Å². The fourth-order valence-electron chi connectivity index (χ4n) is 2.51. The van der Waals surface area contributed by atoms with E-state index in [9.17, 15) is 4.79 Å². The highest BCUT2D eigenvalue weighted by Crippen LogP contribution is 2.22. The highest BCUT2D eigenvalue weighted by molar-refractivity contribution is 5.88. The molecule has 114 valence electrons. The normalized spacial score (nSPS) is 20.1. The van der Waals surface area contributed by atoms with Crippen molar-refractivity contribution in [2.24, 2.45) is 11.0 Å². The number of nitrogens with zero attached hydrogens (tertiary/aromatic N) is 1. The molecule has 0 radical (unpaired) electrons. The molecule has 21 heavy (non-hydrogen) atoms. The van der Waals surface area contributed by atoms with Crippen LogP contribution in [0.4, 0.5) is 5.69 Å². The standard InChI is InChI=1S/C16H23N3O2/c1-12-6-5-7-13(10-12)18-19-16(20)11-17-14-8-3-4-9-15(14)21-2/h3-4,8-9,12,17H,5-7,10-11H2,1-2H3,(H,19,20). The van der Waals surface area contributed by atoms with Gasteiger partial charge in [-0.2, -0.15) is 5.10 Å². The lowest BCUT2D eigenvalue weighted by Crippen LogP contribution is -2.28. The Labute approximate surface area is 125 Å². The lowest BCUT2D eigenvalue weighted by Gasteiger charge is -2.19. The summed E-state index contributed by atoms with van der Waals surface area (Å²) in [4.78, 5) is 11.8. The van der Waals surface area contributed by atoms with E-state index in [2.05, 4.69) is 22.8 Å². The number of hydrogen-bond acceptors (Lipinski definition) is 4. The average molecular weight is 289 g/mol. The largest absolute Gasteiger partial charge is 0.495 e. The van der Waals surface area contributed by atoms with Crippen LogP contribution in [-0.4, -0.2) is 25.3 Å². The minimum Gasteiger partial charge on any atom is -0.495 e. The fraction of sp³-hybridized carbons (Fsp3) is 0.500. The van der Waals surface area contributed by atoms with Crippen LogP contribution in [0, 0.1) is 5.92 Å². The molecule has 2 N–H and O–H groups in total. The van der Waals surface area contributed by atoms with E-state index in [0.717, 1.165) is 36.4 Å². The van der Waals surface area contributed by atoms with Gasteiger partial charge in [-0.25, -0.2) is 5.43 Å². The number of benzene rings is 1. The second-order valence-electron chi connectivity index (χ2n) is 5.47. The van der Waals surface area contributed by atoms with Gasteiger partial charge < -0.3 is 10.1 Å². The molecule has 0 aromatic heterocycles. The first-order valence-electron chi connectivity index (χ1n) is 7.40. The summed E-state index contributed by atoms with van der Waals surface area (Å²) < 4.78 is 5.22. The third kappa shape index (κ3) is 4.77. The first-order valence-corrected chi connectivity index (χ1v) is 7.40. The van der Waals surface area contributed by atoms with Crippen LogP contribution >= 0.6 is 0 Å². The van der Waals surface area contributed by atoms with Gasteiger partial charge in [0.25, 0.3) is 5.91 Å². The quantitative estimate of drug-likeness (QED) is 0.819. The number of carbonyl (C=O) groups excluding carboxylic acids is 1. The third-order valence-electron chi connectivity index (χ3n) is 3.63. The van der Waals surface area contributed by atoms with Crippen molar-refractivity contribution < 1.29 is 9.53 Å². The Morgan fingerprint density at radius 2 is 2.24 bits per heavy atom. The molecule has 0 saturated heterocycles. The zero-order valence-electron chi connectivity index (χ0n) is 12.7. The molecule has 1 aliphatic rings. The Morgan fingerprint density at radius 3 is 3.00 bits per heavy atom. The molecule has 0 heterocycles. The zero-order chi connectivity index (χ0) is 15.1. The van der Waals surface area contributed by atoms with Crippen LogP contribution in [-0.2, 0) is 4.79 Å². The molecule has 1 aromatic carbocycles. The Balaban J connectivity index is 1.81. The summed E-state index contributed by atoms with van der Waals surface area (Å²) in [5.74, 6) is 1.24. The van der Waals surface area contributed by atoms with E-state index in [1.54, 1.807) is 7.11 Å². The molecule has 0 aliphatic heterocycles. The lowest BCUT2D eigenvalue weighted by molar-refractivity contribution is -0.119. The molecule has 5 nitrogen and oxygen atoms in total. The summed E-state index contributed by atoms with van der Waals surface area (Å²) in [6.07, 6.45) is 4.39. The minimum absolute atomic E-state index is 0.147. The molecule has 2 rings (SSSR count). The monoisotopic (exact) mass is 289 g/mol. The maximum Gasteiger partial charge on any atom is 0.259 e. The first kappa shape index (κ1) is 15.4. The second-order valence-corrected chi connectivity index (χ2v) is 5.47. The number of hydrogen-bond donors (Lipinski definition) is 2. The Kier molecular flexibility index (Phi) is 5.60. The third-order valence-corrected chi connectivity index (χ3v) is 3.63. The molecule has 1 fully saturated rings. The van der Waals surface area contributed by atoms with Gasteiger partial charge in [0.05, 0.1) is 19.3 Å². The van der Waals surface area contributed by atoms with E-state index in [1.165, 1.54) is 6.42 Å². The summed E-state index contributed by atoms with van der Waals surface area (Å²) in [5, 5.41) is 7.29. The Morgan fingerprint density at radius 1 is 1.43 bits per heavy atom. The van der Waals surface area contributed by atoms with Gasteiger partial charge in [-0.05, 0) is 43.7 Å². The van der Waals surface area contributed by atoms with E-state index in [4.69, 9.17) is 4.74 Å². The van der Waals surface area contributed by atoms with Gasteiger partial charge in [0.1, 0.15) is 5.75 Å². The van der Waals surface area contributed by atoms with E-state index in [-0.39, 0.29) is 12.5 Å². The van der Waals surface area contributed by atoms with E-state index in [0.29, 0.717) is 5.92 Å². The van der Waals surface area contributed by atoms with E-state index in [1.807, 2.05) is 24.3 Å². The predicted octanol–water partition coefficient (Wildman–Crippen LogP) is 2.79. The molecule has 1 saturated carbocycles. The highest BCUT2D eigenvalue weighted by atomic mass is 16.5. The van der Waals surface area contributed by atoms with Crippen molar-refractivity contribution in [1.29, 1.82) is 0 Å². The van der Waals surface area contributed by atoms with Gasteiger partial charge in [0, 0.05) is 5.71 Å². The molecule has 1 unspecified atom stereocenters. The average Bonchev–Trinajstić information content (AvgIpc) is 2.51. The van der Waals surface area contributed by atoms with Crippen molar-refractivity contribution in [2.45, 2.75) is 32.6 Å². The van der Waals surface area contributed by atoms with Crippen molar-refractivity contribution >= 4 is 17.3 Å². The van der Waals surface area contributed by atoms with Crippen LogP contribution in [0.2, 0.25) is 0 Å². The SMILES string of the molecule is COc1ccccc1NCC(=O)NN=C1CCCC(C)C1. The highest BCUT2D eigenvalue weighted by Gasteiger charge is 2.14. The van der Waals surface area contributed by atoms with E-state index >= 15 is 0 Å². The van der Waals surface area contributed by atoms with Crippen molar-refractivity contribution in [2.75, 3.05) is 19.0 Å². The Hall–Kier alpha value is -2.04. The predicted molar refractivity (Wildman–Crippen MR) is 84.7 cm³/mol. The molecule has 0 spiro atoms. The number of amides is 1. The Bertz CT molecular complexity index is 514. The van der Waals surface area contributed by atoms with Crippen molar-refractivity contribution in [3.63, 3.8) is 0 Å². The number of carbonyl (C=O) groups is 1. The van der Waals surface area contributed by atoms with Crippen LogP contribution in [0.15, 0.2) is 29.4 Å². The molecule has 1 amide bonds. The van der Waals surface area contributed by atoms with Crippen LogP contribution in [0.3, 0.4) is 0 Å².